The molecule has 30 heavy (non-hydrogen) atoms. The normalized spacial score (nSPS) is 20.5. The molecule has 1 amide bonds. The van der Waals surface area contributed by atoms with Gasteiger partial charge in [0, 0.05) is 33.8 Å². The molecule has 3 aromatic rings. The second kappa shape index (κ2) is 7.40. The van der Waals surface area contributed by atoms with Crippen molar-refractivity contribution in [3.05, 3.63) is 64.4 Å². The quantitative estimate of drug-likeness (QED) is 0.617. The minimum absolute atomic E-state index is 0.0285. The number of H-pyrrole nitrogens is 1. The van der Waals surface area contributed by atoms with Crippen LogP contribution in [0.5, 0.6) is 5.75 Å². The van der Waals surface area contributed by atoms with Crippen LogP contribution in [0.15, 0.2) is 30.3 Å². The maximum absolute atomic E-state index is 14.1. The predicted molar refractivity (Wildman–Crippen MR) is 110 cm³/mol. The molecule has 0 saturated heterocycles. The number of amides is 1. The Kier molecular flexibility index (Phi) is 4.70. The van der Waals surface area contributed by atoms with Gasteiger partial charge in [-0.2, -0.15) is 0 Å². The maximum Gasteiger partial charge on any atom is 0.249 e. The summed E-state index contributed by atoms with van der Waals surface area (Å²) in [5, 5.41) is 4.48. The van der Waals surface area contributed by atoms with E-state index in [2.05, 4.69) is 10.3 Å². The number of benzene rings is 2. The highest BCUT2D eigenvalue weighted by atomic mass is 19.1. The van der Waals surface area contributed by atoms with Crippen molar-refractivity contribution in [3.8, 4) is 5.75 Å². The molecule has 1 aliphatic carbocycles. The first-order chi connectivity index (χ1) is 14.5. The van der Waals surface area contributed by atoms with Crippen LogP contribution in [0.3, 0.4) is 0 Å². The number of carbonyl (C=O) groups is 1. The molecule has 156 valence electrons. The van der Waals surface area contributed by atoms with Crippen LogP contribution in [0.25, 0.3) is 10.9 Å². The van der Waals surface area contributed by atoms with E-state index in [0.29, 0.717) is 30.1 Å². The highest BCUT2D eigenvalue weighted by molar-refractivity contribution is 5.95. The van der Waals surface area contributed by atoms with E-state index in [0.717, 1.165) is 36.7 Å². The molecule has 1 aromatic heterocycles. The number of carbonyl (C=O) groups excluding carboxylic acids is 1. The average Bonchev–Trinajstić information content (AvgIpc) is 3.09. The summed E-state index contributed by atoms with van der Waals surface area (Å²) in [6.45, 7) is 1.11. The minimum Gasteiger partial charge on any atom is -0.489 e. The Balaban J connectivity index is 1.28. The van der Waals surface area contributed by atoms with Crippen molar-refractivity contribution in [2.75, 3.05) is 13.2 Å². The molecule has 1 aliphatic heterocycles. The lowest BCUT2D eigenvalue weighted by molar-refractivity contribution is 0.0997. The molecule has 0 bridgehead atoms. The van der Waals surface area contributed by atoms with Crippen LogP contribution in [-0.4, -0.2) is 30.1 Å². The van der Waals surface area contributed by atoms with Crippen molar-refractivity contribution in [1.82, 2.24) is 10.3 Å². The lowest BCUT2D eigenvalue weighted by Crippen LogP contribution is -2.43. The Morgan fingerprint density at radius 2 is 2.07 bits per heavy atom. The van der Waals surface area contributed by atoms with Gasteiger partial charge in [-0.15, -0.1) is 0 Å². The molecule has 5 rings (SSSR count). The third-order valence-corrected chi connectivity index (χ3v) is 6.30. The van der Waals surface area contributed by atoms with Crippen molar-refractivity contribution in [1.29, 1.82) is 0 Å². The Morgan fingerprint density at radius 1 is 1.20 bits per heavy atom. The Hall–Kier alpha value is -2.93. The summed E-state index contributed by atoms with van der Waals surface area (Å²) in [4.78, 5) is 15.1. The zero-order valence-electron chi connectivity index (χ0n) is 16.4. The molecule has 5 nitrogen and oxygen atoms in total. The summed E-state index contributed by atoms with van der Waals surface area (Å²) in [6.07, 6.45) is 3.32. The number of fused-ring (bicyclic) bond motifs is 4. The number of primary amides is 1. The summed E-state index contributed by atoms with van der Waals surface area (Å²) in [5.74, 6) is -0.737. The first kappa shape index (κ1) is 19.1. The topological polar surface area (TPSA) is 80.1 Å². The Bertz CT molecular complexity index is 1140. The molecule has 2 heterocycles. The van der Waals surface area contributed by atoms with Crippen LogP contribution in [0.1, 0.15) is 33.6 Å². The molecule has 0 saturated carbocycles. The second-order valence-corrected chi connectivity index (χ2v) is 8.27. The van der Waals surface area contributed by atoms with Gasteiger partial charge >= 0.3 is 0 Å². The van der Waals surface area contributed by atoms with Crippen molar-refractivity contribution in [2.24, 2.45) is 11.7 Å². The molecule has 0 radical (unpaired) electrons. The fraction of sp³-hybridized carbons (Fsp3) is 0.348. The highest BCUT2D eigenvalue weighted by Crippen LogP contribution is 2.33. The number of nitrogens with two attached hydrogens (primary N) is 1. The number of rotatable bonds is 4. The maximum atomic E-state index is 14.1. The van der Waals surface area contributed by atoms with Gasteiger partial charge < -0.3 is 20.8 Å². The van der Waals surface area contributed by atoms with Gasteiger partial charge in [0.25, 0.3) is 0 Å². The molecular formula is C23H23F2N3O2. The zero-order valence-corrected chi connectivity index (χ0v) is 16.4. The van der Waals surface area contributed by atoms with Crippen LogP contribution in [0, 0.1) is 17.6 Å². The van der Waals surface area contributed by atoms with E-state index in [1.54, 1.807) is 12.1 Å². The van der Waals surface area contributed by atoms with E-state index in [4.69, 9.17) is 10.5 Å². The summed E-state index contributed by atoms with van der Waals surface area (Å²) in [6, 6.07) is 7.48. The van der Waals surface area contributed by atoms with Crippen LogP contribution >= 0.6 is 0 Å². The van der Waals surface area contributed by atoms with Crippen molar-refractivity contribution in [2.45, 2.75) is 31.7 Å². The number of hydrogen-bond acceptors (Lipinski definition) is 3. The number of ether oxygens (including phenoxy) is 1. The SMILES string of the molecule is NC(=O)c1ccc(F)c2c1C[C@@H](NCC1CCc3[nH]c4ccc(F)cc4c3C1)CO2. The number of hydrogen-bond donors (Lipinski definition) is 3. The van der Waals surface area contributed by atoms with Crippen LogP contribution in [-0.2, 0) is 19.3 Å². The number of aromatic nitrogens is 1. The van der Waals surface area contributed by atoms with E-state index >= 15 is 0 Å². The summed E-state index contributed by atoms with van der Waals surface area (Å²) < 4.78 is 33.4. The number of aryl methyl sites for hydroxylation is 1. The van der Waals surface area contributed by atoms with E-state index < -0.39 is 11.7 Å². The fourth-order valence-electron chi connectivity index (χ4n) is 4.78. The standard InChI is InChI=1S/C23H23F2N3O2/c24-13-2-6-21-17(8-13)16-7-12(1-5-20(16)28-21)10-27-14-9-18-15(23(26)29)3-4-19(25)22(18)30-11-14/h2-4,6,8,12,14,27-28H,1,5,7,9-11H2,(H2,26,29)/t12?,14-/m1/s1. The number of aromatic amines is 1. The van der Waals surface area contributed by atoms with E-state index in [9.17, 15) is 13.6 Å². The van der Waals surface area contributed by atoms with Crippen molar-refractivity contribution < 1.29 is 18.3 Å². The Labute approximate surface area is 172 Å². The molecular weight excluding hydrogens is 388 g/mol. The smallest absolute Gasteiger partial charge is 0.249 e. The first-order valence-electron chi connectivity index (χ1n) is 10.3. The van der Waals surface area contributed by atoms with Gasteiger partial charge in [0.15, 0.2) is 11.6 Å². The molecule has 1 unspecified atom stereocenters. The number of nitrogens with one attached hydrogen (secondary N) is 2. The second-order valence-electron chi connectivity index (χ2n) is 8.27. The van der Waals surface area contributed by atoms with Gasteiger partial charge in [-0.1, -0.05) is 0 Å². The molecule has 2 atom stereocenters. The fourth-order valence-corrected chi connectivity index (χ4v) is 4.78. The molecule has 4 N–H and O–H groups in total. The highest BCUT2D eigenvalue weighted by Gasteiger charge is 2.28. The lowest BCUT2D eigenvalue weighted by Gasteiger charge is -2.30. The van der Waals surface area contributed by atoms with E-state index in [1.165, 1.54) is 29.5 Å². The van der Waals surface area contributed by atoms with Crippen molar-refractivity contribution >= 4 is 16.8 Å². The average molecular weight is 411 g/mol. The summed E-state index contributed by atoms with van der Waals surface area (Å²) >= 11 is 0. The van der Waals surface area contributed by atoms with Crippen LogP contribution < -0.4 is 15.8 Å². The summed E-state index contributed by atoms with van der Waals surface area (Å²) in [5.41, 5.74) is 9.66. The summed E-state index contributed by atoms with van der Waals surface area (Å²) in [7, 11) is 0. The Morgan fingerprint density at radius 3 is 2.90 bits per heavy atom. The molecule has 0 fully saturated rings. The first-order valence-corrected chi connectivity index (χ1v) is 10.3. The van der Waals surface area contributed by atoms with Crippen molar-refractivity contribution in [3.63, 3.8) is 0 Å². The van der Waals surface area contributed by atoms with Gasteiger partial charge in [-0.05, 0) is 74.0 Å². The van der Waals surface area contributed by atoms with Crippen LogP contribution in [0.4, 0.5) is 8.78 Å². The molecule has 7 heteroatoms. The lowest BCUT2D eigenvalue weighted by atomic mass is 9.86. The molecule has 0 spiro atoms. The monoisotopic (exact) mass is 411 g/mol. The van der Waals surface area contributed by atoms with Gasteiger partial charge in [0.05, 0.1) is 0 Å². The largest absolute Gasteiger partial charge is 0.489 e. The third kappa shape index (κ3) is 3.33. The third-order valence-electron chi connectivity index (χ3n) is 6.30. The predicted octanol–water partition coefficient (Wildman–Crippen LogP) is 3.24. The zero-order chi connectivity index (χ0) is 20.8. The minimum atomic E-state index is -0.582. The van der Waals surface area contributed by atoms with Crippen LogP contribution in [0.2, 0.25) is 0 Å². The van der Waals surface area contributed by atoms with Gasteiger partial charge in [-0.25, -0.2) is 8.78 Å². The molecule has 2 aromatic carbocycles. The van der Waals surface area contributed by atoms with Gasteiger partial charge in [0.2, 0.25) is 5.91 Å². The molecule has 2 aliphatic rings. The van der Waals surface area contributed by atoms with E-state index in [-0.39, 0.29) is 17.6 Å². The van der Waals surface area contributed by atoms with Gasteiger partial charge in [0.1, 0.15) is 12.4 Å². The number of halogens is 2. The van der Waals surface area contributed by atoms with E-state index in [1.807, 2.05) is 0 Å². The van der Waals surface area contributed by atoms with Gasteiger partial charge in [-0.3, -0.25) is 4.79 Å².